The molecule has 27 heavy (non-hydrogen) atoms. The fourth-order valence-electron chi connectivity index (χ4n) is 3.32. The molecule has 2 aromatic rings. The molecular weight excluding hydrogens is 360 g/mol. The predicted molar refractivity (Wildman–Crippen MR) is 113 cm³/mol. The van der Waals surface area contributed by atoms with Crippen LogP contribution < -0.4 is 9.80 Å². The minimum atomic E-state index is -0.129. The van der Waals surface area contributed by atoms with Gasteiger partial charge in [-0.15, -0.1) is 0 Å². The van der Waals surface area contributed by atoms with Crippen LogP contribution in [0.5, 0.6) is 0 Å². The van der Waals surface area contributed by atoms with E-state index in [1.165, 1.54) is 6.92 Å². The average molecular weight is 387 g/mol. The molecule has 0 atom stereocenters. The smallest absolute Gasteiger partial charge is 0.228 e. The van der Waals surface area contributed by atoms with Gasteiger partial charge in [-0.05, 0) is 62.6 Å². The summed E-state index contributed by atoms with van der Waals surface area (Å²) < 4.78 is 0. The summed E-state index contributed by atoms with van der Waals surface area (Å²) in [6, 6.07) is 11.7. The van der Waals surface area contributed by atoms with Gasteiger partial charge in [-0.25, -0.2) is 0 Å². The monoisotopic (exact) mass is 386 g/mol. The zero-order valence-electron chi connectivity index (χ0n) is 16.7. The van der Waals surface area contributed by atoms with E-state index in [9.17, 15) is 9.59 Å². The molecule has 2 amide bonds. The Hall–Kier alpha value is -2.33. The van der Waals surface area contributed by atoms with Crippen LogP contribution in [0.15, 0.2) is 36.4 Å². The van der Waals surface area contributed by atoms with Gasteiger partial charge in [0.15, 0.2) is 0 Å². The van der Waals surface area contributed by atoms with E-state index in [2.05, 4.69) is 0 Å². The number of carbonyl (C=O) groups excluding carboxylic acids is 2. The number of nitrogens with zero attached hydrogens (tertiary/aromatic N) is 2. The van der Waals surface area contributed by atoms with Crippen LogP contribution in [0.25, 0.3) is 0 Å². The summed E-state index contributed by atoms with van der Waals surface area (Å²) in [5.74, 6) is -0.148. The molecule has 0 aliphatic rings. The Balaban J connectivity index is 2.21. The van der Waals surface area contributed by atoms with Crippen molar-refractivity contribution in [3.05, 3.63) is 58.1 Å². The van der Waals surface area contributed by atoms with E-state index in [1.54, 1.807) is 9.80 Å². The fourth-order valence-corrected chi connectivity index (χ4v) is 3.74. The van der Waals surface area contributed by atoms with Crippen molar-refractivity contribution in [3.8, 4) is 0 Å². The van der Waals surface area contributed by atoms with E-state index in [0.717, 1.165) is 22.4 Å². The Labute approximate surface area is 166 Å². The van der Waals surface area contributed by atoms with Crippen molar-refractivity contribution in [3.63, 3.8) is 0 Å². The maximum absolute atomic E-state index is 12.8. The van der Waals surface area contributed by atoms with Gasteiger partial charge in [-0.1, -0.05) is 29.8 Å². The molecule has 4 nitrogen and oxygen atoms in total. The number of hydrogen-bond acceptors (Lipinski definition) is 2. The molecule has 0 radical (unpaired) electrons. The van der Waals surface area contributed by atoms with Crippen molar-refractivity contribution in [1.29, 1.82) is 0 Å². The highest BCUT2D eigenvalue weighted by atomic mass is 35.5. The van der Waals surface area contributed by atoms with Crippen LogP contribution in [0, 0.1) is 20.8 Å². The van der Waals surface area contributed by atoms with Gasteiger partial charge in [0.05, 0.1) is 10.7 Å². The van der Waals surface area contributed by atoms with Crippen LogP contribution in [0.4, 0.5) is 11.4 Å². The molecule has 0 heterocycles. The second kappa shape index (κ2) is 9.05. The SMILES string of the molecule is CCN(C(=O)CCN(C(C)=O)c1c(C)cc(C)cc1Cl)c1cccc(C)c1. The van der Waals surface area contributed by atoms with Crippen LogP contribution in [0.2, 0.25) is 5.02 Å². The number of amides is 2. The zero-order valence-corrected chi connectivity index (χ0v) is 17.4. The largest absolute Gasteiger partial charge is 0.313 e. The average Bonchev–Trinajstić information content (AvgIpc) is 2.57. The first-order valence-electron chi connectivity index (χ1n) is 9.16. The van der Waals surface area contributed by atoms with Crippen LogP contribution in [-0.4, -0.2) is 24.9 Å². The third-order valence-electron chi connectivity index (χ3n) is 4.53. The quantitative estimate of drug-likeness (QED) is 0.696. The topological polar surface area (TPSA) is 40.6 Å². The van der Waals surface area contributed by atoms with E-state index in [0.29, 0.717) is 23.8 Å². The lowest BCUT2D eigenvalue weighted by Crippen LogP contribution is -2.36. The number of rotatable bonds is 6. The Bertz CT molecular complexity index is 825. The molecule has 0 unspecified atom stereocenters. The number of hydrogen-bond donors (Lipinski definition) is 0. The Kier molecular flexibility index (Phi) is 7.03. The number of benzene rings is 2. The van der Waals surface area contributed by atoms with Crippen LogP contribution >= 0.6 is 11.6 Å². The van der Waals surface area contributed by atoms with Crippen molar-refractivity contribution < 1.29 is 9.59 Å². The summed E-state index contributed by atoms with van der Waals surface area (Å²) in [6.45, 7) is 10.2. The van der Waals surface area contributed by atoms with Gasteiger partial charge in [0.1, 0.15) is 0 Å². The third-order valence-corrected chi connectivity index (χ3v) is 4.82. The first kappa shape index (κ1) is 21.0. The molecule has 0 aromatic heterocycles. The Morgan fingerprint density at radius 2 is 1.70 bits per heavy atom. The Morgan fingerprint density at radius 3 is 2.26 bits per heavy atom. The molecule has 0 bridgehead atoms. The van der Waals surface area contributed by atoms with Gasteiger partial charge in [0.2, 0.25) is 11.8 Å². The molecule has 0 aliphatic carbocycles. The molecule has 0 fully saturated rings. The van der Waals surface area contributed by atoms with E-state index >= 15 is 0 Å². The molecule has 0 spiro atoms. The number of aryl methyl sites for hydroxylation is 3. The molecule has 5 heteroatoms. The van der Waals surface area contributed by atoms with E-state index in [-0.39, 0.29) is 18.2 Å². The molecule has 0 saturated carbocycles. The highest BCUT2D eigenvalue weighted by Crippen LogP contribution is 2.31. The molecule has 2 aromatic carbocycles. The highest BCUT2D eigenvalue weighted by molar-refractivity contribution is 6.34. The first-order chi connectivity index (χ1) is 12.7. The van der Waals surface area contributed by atoms with Crippen molar-refractivity contribution in [2.75, 3.05) is 22.9 Å². The summed E-state index contributed by atoms with van der Waals surface area (Å²) in [4.78, 5) is 28.4. The number of anilines is 2. The van der Waals surface area contributed by atoms with Crippen molar-refractivity contribution in [2.45, 2.75) is 41.0 Å². The molecule has 0 saturated heterocycles. The normalized spacial score (nSPS) is 10.6. The summed E-state index contributed by atoms with van der Waals surface area (Å²) in [5.41, 5.74) is 4.62. The lowest BCUT2D eigenvalue weighted by atomic mass is 10.1. The second-order valence-corrected chi connectivity index (χ2v) is 7.22. The van der Waals surface area contributed by atoms with Crippen LogP contribution in [0.1, 0.15) is 37.0 Å². The van der Waals surface area contributed by atoms with Crippen molar-refractivity contribution in [2.24, 2.45) is 0 Å². The standard InChI is InChI=1S/C22H27ClN2O2/c1-6-24(19-9-7-8-15(2)13-19)21(27)10-11-25(18(5)26)22-17(4)12-16(3)14-20(22)23/h7-9,12-14H,6,10-11H2,1-5H3. The van der Waals surface area contributed by atoms with E-state index in [4.69, 9.17) is 11.6 Å². The molecule has 2 rings (SSSR count). The second-order valence-electron chi connectivity index (χ2n) is 6.81. The third kappa shape index (κ3) is 5.10. The Morgan fingerprint density at radius 1 is 1.00 bits per heavy atom. The van der Waals surface area contributed by atoms with Gasteiger partial charge in [0, 0.05) is 32.1 Å². The summed E-state index contributed by atoms with van der Waals surface area (Å²) in [7, 11) is 0. The summed E-state index contributed by atoms with van der Waals surface area (Å²) in [5, 5.41) is 0.529. The van der Waals surface area contributed by atoms with Gasteiger partial charge >= 0.3 is 0 Å². The predicted octanol–water partition coefficient (Wildman–Crippen LogP) is 5.06. The van der Waals surface area contributed by atoms with Crippen molar-refractivity contribution in [1.82, 2.24) is 0 Å². The number of carbonyl (C=O) groups is 2. The van der Waals surface area contributed by atoms with Crippen LogP contribution in [-0.2, 0) is 9.59 Å². The minimum absolute atomic E-state index is 0.0183. The van der Waals surface area contributed by atoms with E-state index < -0.39 is 0 Å². The number of halogens is 1. The zero-order chi connectivity index (χ0) is 20.1. The molecule has 144 valence electrons. The lowest BCUT2D eigenvalue weighted by Gasteiger charge is -2.27. The molecule has 0 N–H and O–H groups in total. The summed E-state index contributed by atoms with van der Waals surface area (Å²) >= 11 is 6.40. The van der Waals surface area contributed by atoms with Gasteiger partial charge < -0.3 is 9.80 Å². The van der Waals surface area contributed by atoms with Gasteiger partial charge in [-0.2, -0.15) is 0 Å². The lowest BCUT2D eigenvalue weighted by molar-refractivity contribution is -0.118. The van der Waals surface area contributed by atoms with E-state index in [1.807, 2.05) is 64.1 Å². The minimum Gasteiger partial charge on any atom is -0.313 e. The summed E-state index contributed by atoms with van der Waals surface area (Å²) in [6.07, 6.45) is 0.227. The maximum Gasteiger partial charge on any atom is 0.228 e. The molecular formula is C22H27ClN2O2. The van der Waals surface area contributed by atoms with Crippen LogP contribution in [0.3, 0.4) is 0 Å². The first-order valence-corrected chi connectivity index (χ1v) is 9.54. The maximum atomic E-state index is 12.8. The fraction of sp³-hybridized carbons (Fsp3) is 0.364. The molecule has 0 aliphatic heterocycles. The van der Waals surface area contributed by atoms with Gasteiger partial charge in [-0.3, -0.25) is 9.59 Å². The van der Waals surface area contributed by atoms with Gasteiger partial charge in [0.25, 0.3) is 0 Å². The highest BCUT2D eigenvalue weighted by Gasteiger charge is 2.21. The van der Waals surface area contributed by atoms with Crippen molar-refractivity contribution >= 4 is 34.8 Å².